The number of likely N-dealkylation sites (tertiary alicyclic amines) is 1. The number of benzene rings is 2. The van der Waals surface area contributed by atoms with Gasteiger partial charge in [0, 0.05) is 25.9 Å². The fraction of sp³-hybridized carbons (Fsp3) is 0.500. The second kappa shape index (κ2) is 17.0. The van der Waals surface area contributed by atoms with E-state index < -0.39 is 53.6 Å². The van der Waals surface area contributed by atoms with Crippen LogP contribution in [0.1, 0.15) is 70.4 Å². The van der Waals surface area contributed by atoms with Gasteiger partial charge in [0.2, 0.25) is 0 Å². The van der Waals surface area contributed by atoms with Gasteiger partial charge in [0.15, 0.2) is 0 Å². The van der Waals surface area contributed by atoms with Crippen molar-refractivity contribution in [3.05, 3.63) is 71.8 Å². The molecule has 52 heavy (non-hydrogen) atoms. The number of hydroxylamine groups is 5. The highest BCUT2D eigenvalue weighted by atomic mass is 16.7. The molecule has 2 aromatic rings. The van der Waals surface area contributed by atoms with Gasteiger partial charge in [-0.2, -0.15) is 10.5 Å². The summed E-state index contributed by atoms with van der Waals surface area (Å²) in [5, 5.41) is 11.2. The predicted molar refractivity (Wildman–Crippen MR) is 181 cm³/mol. The van der Waals surface area contributed by atoms with E-state index in [0.29, 0.717) is 43.9 Å². The second-order valence-electron chi connectivity index (χ2n) is 13.9. The zero-order chi connectivity index (χ0) is 37.4. The monoisotopic (exact) mass is 723 g/mol. The Morgan fingerprint density at radius 2 is 1.40 bits per heavy atom. The highest BCUT2D eigenvalue weighted by Crippen LogP contribution is 2.31. The number of ether oxygens (including phenoxy) is 1. The van der Waals surface area contributed by atoms with Gasteiger partial charge in [-0.15, -0.1) is 5.06 Å². The number of nitrogens with zero attached hydrogens (tertiary/aromatic N) is 4. The van der Waals surface area contributed by atoms with Gasteiger partial charge in [-0.05, 0) is 57.6 Å². The lowest BCUT2D eigenvalue weighted by Crippen LogP contribution is -2.56. The van der Waals surface area contributed by atoms with E-state index in [-0.39, 0.29) is 38.1 Å². The average Bonchev–Trinajstić information content (AvgIpc) is 3.56. The Balaban J connectivity index is 0.000000202. The summed E-state index contributed by atoms with van der Waals surface area (Å²) in [5.41, 5.74) is 4.22. The van der Waals surface area contributed by atoms with Crippen molar-refractivity contribution in [2.45, 2.75) is 102 Å². The summed E-state index contributed by atoms with van der Waals surface area (Å²) in [6.45, 7) is 6.47. The number of rotatable bonds is 10. The van der Waals surface area contributed by atoms with Gasteiger partial charge in [0.25, 0.3) is 11.8 Å². The molecule has 0 radical (unpaired) electrons. The number of fused-ring (bicyclic) bond motifs is 2. The molecule has 2 aromatic carbocycles. The van der Waals surface area contributed by atoms with Crippen LogP contribution in [-0.2, 0) is 51.6 Å². The first-order valence-corrected chi connectivity index (χ1v) is 17.3. The summed E-state index contributed by atoms with van der Waals surface area (Å²) >= 11 is 0. The van der Waals surface area contributed by atoms with Crippen LogP contribution < -0.4 is 5.48 Å². The molecule has 0 aliphatic carbocycles. The molecule has 16 heteroatoms. The molecule has 0 spiro atoms. The lowest BCUT2D eigenvalue weighted by atomic mass is 9.99. The van der Waals surface area contributed by atoms with E-state index in [9.17, 15) is 33.9 Å². The summed E-state index contributed by atoms with van der Waals surface area (Å²) in [6, 6.07) is 16.8. The molecular formula is C36H45N5O11. The van der Waals surface area contributed by atoms with Crippen LogP contribution in [0.15, 0.2) is 60.7 Å². The molecule has 280 valence electrons. The number of aliphatic carboxylic acids is 1. The quantitative estimate of drug-likeness (QED) is 0.269. The van der Waals surface area contributed by atoms with E-state index >= 15 is 0 Å². The van der Waals surface area contributed by atoms with Crippen LogP contribution in [0.4, 0.5) is 9.59 Å². The van der Waals surface area contributed by atoms with Crippen LogP contribution in [0.3, 0.4) is 0 Å². The molecular weight excluding hydrogens is 678 g/mol. The molecule has 16 nitrogen and oxygen atoms in total. The largest absolute Gasteiger partial charge is 0.480 e. The minimum absolute atomic E-state index is 0.0304. The highest BCUT2D eigenvalue weighted by Gasteiger charge is 2.49. The van der Waals surface area contributed by atoms with Crippen LogP contribution >= 0.6 is 0 Å². The lowest BCUT2D eigenvalue weighted by molar-refractivity contribution is -0.201. The molecule has 5 amide bonds. The normalized spacial score (nSPS) is 22.9. The van der Waals surface area contributed by atoms with Crippen molar-refractivity contribution < 1.29 is 53.1 Å². The Kier molecular flexibility index (Phi) is 12.5. The summed E-state index contributed by atoms with van der Waals surface area (Å²) in [7, 11) is 0. The standard InChI is InChI=1S/C18H19N3O6.C18H26N2O5/c22-15-8-9-16(23)21(15)27-17(24)14-7-6-13-10-19(14)18(25)20(13)26-11-12-4-2-1-3-5-12;1-18(2,3)25-17(23)20-11-14(9-10-15(20)16(21)22)19-24-12-13-7-5-4-6-8-13/h1-5,13-14H,6-11H2;4-8,14-15,19H,9-12H2,1-3H3,(H,21,22)/t13-,14+;14-,15+/m11/s1. The van der Waals surface area contributed by atoms with Gasteiger partial charge in [-0.1, -0.05) is 60.7 Å². The van der Waals surface area contributed by atoms with Gasteiger partial charge in [0.1, 0.15) is 24.3 Å². The maximum atomic E-state index is 12.7. The zero-order valence-electron chi connectivity index (χ0n) is 29.5. The van der Waals surface area contributed by atoms with Crippen molar-refractivity contribution in [1.82, 2.24) is 25.4 Å². The topological polar surface area (TPSA) is 185 Å². The number of amides is 5. The van der Waals surface area contributed by atoms with E-state index in [2.05, 4.69) is 5.48 Å². The molecule has 0 unspecified atom stereocenters. The lowest BCUT2D eigenvalue weighted by Gasteiger charge is -2.38. The molecule has 4 atom stereocenters. The number of imide groups is 1. The Morgan fingerprint density at radius 1 is 0.808 bits per heavy atom. The SMILES string of the molecule is CC(C)(C)OC(=O)N1C[C@H](NOCc2ccccc2)CC[C@H]1C(=O)O.O=C(ON1C(=O)CCC1=O)[C@@H]1CC[C@@H]2CN1C(=O)N2OCc1ccccc1. The number of carbonyl (C=O) groups excluding carboxylic acids is 5. The molecule has 4 saturated heterocycles. The van der Waals surface area contributed by atoms with E-state index in [4.69, 9.17) is 19.2 Å². The fourth-order valence-corrected chi connectivity index (χ4v) is 6.23. The number of carboxylic acids is 1. The number of carbonyl (C=O) groups is 6. The third-order valence-corrected chi connectivity index (χ3v) is 8.82. The Morgan fingerprint density at radius 3 is 2.00 bits per heavy atom. The molecule has 4 aliphatic rings. The van der Waals surface area contributed by atoms with Gasteiger partial charge in [0.05, 0.1) is 18.7 Å². The first kappa shape index (κ1) is 38.2. The van der Waals surface area contributed by atoms with Gasteiger partial charge >= 0.3 is 24.1 Å². The van der Waals surface area contributed by atoms with Gasteiger partial charge < -0.3 is 19.6 Å². The van der Waals surface area contributed by atoms with Gasteiger partial charge in [-0.3, -0.25) is 24.2 Å². The molecule has 2 bridgehead atoms. The Bertz CT molecular complexity index is 1590. The average molecular weight is 724 g/mol. The summed E-state index contributed by atoms with van der Waals surface area (Å²) < 4.78 is 5.33. The molecule has 2 N–H and O–H groups in total. The molecule has 4 aliphatic heterocycles. The predicted octanol–water partition coefficient (Wildman–Crippen LogP) is 3.55. The van der Waals surface area contributed by atoms with Crippen LogP contribution in [0.2, 0.25) is 0 Å². The molecule has 4 heterocycles. The number of urea groups is 1. The van der Waals surface area contributed by atoms with Crippen LogP contribution in [0, 0.1) is 0 Å². The maximum absolute atomic E-state index is 12.7. The smallest absolute Gasteiger partial charge is 0.411 e. The van der Waals surface area contributed by atoms with Crippen molar-refractivity contribution >= 4 is 35.9 Å². The van der Waals surface area contributed by atoms with Crippen molar-refractivity contribution in [2.24, 2.45) is 0 Å². The first-order chi connectivity index (χ1) is 24.8. The number of hydrogen-bond donors (Lipinski definition) is 2. The van der Waals surface area contributed by atoms with Gasteiger partial charge in [-0.25, -0.2) is 19.2 Å². The minimum Gasteiger partial charge on any atom is -0.480 e. The summed E-state index contributed by atoms with van der Waals surface area (Å²) in [4.78, 5) is 90.9. The molecule has 0 aromatic heterocycles. The van der Waals surface area contributed by atoms with E-state index in [1.54, 1.807) is 20.8 Å². The minimum atomic E-state index is -1.02. The van der Waals surface area contributed by atoms with E-state index in [0.717, 1.165) is 11.1 Å². The molecule has 6 rings (SSSR count). The Labute approximate surface area is 301 Å². The maximum Gasteiger partial charge on any atom is 0.411 e. The second-order valence-corrected chi connectivity index (χ2v) is 13.9. The molecule has 4 fully saturated rings. The number of piperidine rings is 2. The third-order valence-electron chi connectivity index (χ3n) is 8.82. The number of hydrogen-bond acceptors (Lipinski definition) is 11. The fourth-order valence-electron chi connectivity index (χ4n) is 6.23. The van der Waals surface area contributed by atoms with Crippen LogP contribution in [0.5, 0.6) is 0 Å². The first-order valence-electron chi connectivity index (χ1n) is 17.3. The van der Waals surface area contributed by atoms with E-state index in [1.807, 2.05) is 60.7 Å². The van der Waals surface area contributed by atoms with Crippen LogP contribution in [0.25, 0.3) is 0 Å². The van der Waals surface area contributed by atoms with Crippen LogP contribution in [-0.4, -0.2) is 104 Å². The van der Waals surface area contributed by atoms with Crippen molar-refractivity contribution in [3.8, 4) is 0 Å². The molecule has 0 saturated carbocycles. The van der Waals surface area contributed by atoms with Crippen molar-refractivity contribution in [2.75, 3.05) is 13.1 Å². The highest BCUT2D eigenvalue weighted by molar-refractivity contribution is 6.02. The number of carboxylic acid groups (broad SMARTS) is 1. The summed E-state index contributed by atoms with van der Waals surface area (Å²) in [5.74, 6) is -2.87. The summed E-state index contributed by atoms with van der Waals surface area (Å²) in [6.07, 6.45) is 1.35. The van der Waals surface area contributed by atoms with E-state index in [1.165, 1.54) is 14.9 Å². The van der Waals surface area contributed by atoms with Crippen molar-refractivity contribution in [3.63, 3.8) is 0 Å². The van der Waals surface area contributed by atoms with Crippen molar-refractivity contribution in [1.29, 1.82) is 0 Å². The zero-order valence-corrected chi connectivity index (χ0v) is 29.5. The number of nitrogens with one attached hydrogen (secondary N) is 1. The third kappa shape index (κ3) is 9.83. The Hall–Kier alpha value is -5.06.